The predicted molar refractivity (Wildman–Crippen MR) is 153 cm³/mol. The van der Waals surface area contributed by atoms with Crippen molar-refractivity contribution in [1.82, 2.24) is 24.8 Å². The van der Waals surface area contributed by atoms with Crippen LogP contribution in [0.3, 0.4) is 0 Å². The number of aromatic nitrogens is 3. The molecule has 5 heterocycles. The summed E-state index contributed by atoms with van der Waals surface area (Å²) in [7, 11) is 0. The van der Waals surface area contributed by atoms with Crippen LogP contribution in [0.5, 0.6) is 0 Å². The Bertz CT molecular complexity index is 1640. The van der Waals surface area contributed by atoms with Crippen molar-refractivity contribution >= 4 is 34.4 Å². The molecule has 7 rings (SSSR count). The van der Waals surface area contributed by atoms with Gasteiger partial charge in [0.1, 0.15) is 23.8 Å². The number of amides is 3. The second kappa shape index (κ2) is 9.60. The number of nitrogens with zero attached hydrogens (tertiary/aromatic N) is 6. The quantitative estimate of drug-likeness (QED) is 0.466. The van der Waals surface area contributed by atoms with Crippen molar-refractivity contribution in [2.75, 3.05) is 24.6 Å². The molecule has 11 nitrogen and oxygen atoms in total. The number of hydrogen-bond acceptors (Lipinski definition) is 7. The SMILES string of the molecule is C[C@H](CO)N1C(=O)[C@@H]2[C@@H]3C(=O)N(c4ccccc4)CC=C[C@]3(C)O[C@@]23C=CCN(Cn2nnc4ccccc42)C(=O)C13. The van der Waals surface area contributed by atoms with Gasteiger partial charge in [0.2, 0.25) is 11.8 Å². The monoisotopic (exact) mass is 568 g/mol. The number of fused-ring (bicyclic) bond motifs is 3. The van der Waals surface area contributed by atoms with Crippen molar-refractivity contribution in [2.45, 2.75) is 43.8 Å². The van der Waals surface area contributed by atoms with Crippen LogP contribution in [0, 0.1) is 11.8 Å². The molecular formula is C31H32N6O5. The van der Waals surface area contributed by atoms with Gasteiger partial charge in [0.25, 0.3) is 5.91 Å². The zero-order chi connectivity index (χ0) is 29.2. The van der Waals surface area contributed by atoms with E-state index in [2.05, 4.69) is 10.3 Å². The molecule has 2 saturated heterocycles. The van der Waals surface area contributed by atoms with E-state index in [9.17, 15) is 19.5 Å². The molecule has 0 radical (unpaired) electrons. The summed E-state index contributed by atoms with van der Waals surface area (Å²) in [6, 6.07) is 15.1. The maximum atomic E-state index is 14.5. The molecule has 0 bridgehead atoms. The molecule has 6 atom stereocenters. The van der Waals surface area contributed by atoms with Gasteiger partial charge in [-0.25, -0.2) is 4.68 Å². The van der Waals surface area contributed by atoms with E-state index >= 15 is 0 Å². The summed E-state index contributed by atoms with van der Waals surface area (Å²) in [6.07, 6.45) is 7.39. The third-order valence-electron chi connectivity index (χ3n) is 9.11. The van der Waals surface area contributed by atoms with E-state index in [0.717, 1.165) is 11.2 Å². The Morgan fingerprint density at radius 2 is 1.69 bits per heavy atom. The molecule has 0 saturated carbocycles. The number of aliphatic hydroxyl groups is 1. The van der Waals surface area contributed by atoms with Gasteiger partial charge in [-0.1, -0.05) is 59.8 Å². The number of hydrogen-bond donors (Lipinski definition) is 1. The smallest absolute Gasteiger partial charge is 0.250 e. The van der Waals surface area contributed by atoms with Gasteiger partial charge in [-0.2, -0.15) is 0 Å². The second-order valence-electron chi connectivity index (χ2n) is 11.6. The van der Waals surface area contributed by atoms with E-state index in [0.29, 0.717) is 12.1 Å². The number of rotatable bonds is 5. The van der Waals surface area contributed by atoms with Gasteiger partial charge in [-0.15, -0.1) is 5.10 Å². The summed E-state index contributed by atoms with van der Waals surface area (Å²) >= 11 is 0. The van der Waals surface area contributed by atoms with Crippen LogP contribution in [0.25, 0.3) is 11.0 Å². The van der Waals surface area contributed by atoms with Gasteiger partial charge in [-0.3, -0.25) is 14.4 Å². The minimum atomic E-state index is -1.41. The van der Waals surface area contributed by atoms with Gasteiger partial charge in [0, 0.05) is 18.8 Å². The molecular weight excluding hydrogens is 536 g/mol. The molecule has 2 aromatic carbocycles. The molecule has 216 valence electrons. The lowest BCUT2D eigenvalue weighted by Crippen LogP contribution is -2.58. The van der Waals surface area contributed by atoms with Gasteiger partial charge in [0.15, 0.2) is 0 Å². The van der Waals surface area contributed by atoms with Crippen LogP contribution < -0.4 is 4.90 Å². The highest BCUT2D eigenvalue weighted by Crippen LogP contribution is 2.58. The van der Waals surface area contributed by atoms with Crippen molar-refractivity contribution in [2.24, 2.45) is 11.8 Å². The Balaban J connectivity index is 1.31. The van der Waals surface area contributed by atoms with Gasteiger partial charge >= 0.3 is 0 Å². The number of likely N-dealkylation sites (tertiary alicyclic amines) is 1. The minimum absolute atomic E-state index is 0.109. The summed E-state index contributed by atoms with van der Waals surface area (Å²) in [4.78, 5) is 48.0. The van der Waals surface area contributed by atoms with Crippen LogP contribution in [0.2, 0.25) is 0 Å². The Labute approximate surface area is 242 Å². The van der Waals surface area contributed by atoms with Crippen LogP contribution in [-0.2, 0) is 25.8 Å². The fourth-order valence-corrected chi connectivity index (χ4v) is 7.22. The third kappa shape index (κ3) is 3.69. The maximum Gasteiger partial charge on any atom is 0.250 e. The van der Waals surface area contributed by atoms with E-state index in [1.54, 1.807) is 27.5 Å². The Hall–Kier alpha value is -4.35. The van der Waals surface area contributed by atoms with Crippen molar-refractivity contribution in [3.05, 3.63) is 78.9 Å². The van der Waals surface area contributed by atoms with E-state index in [4.69, 9.17) is 4.74 Å². The number of benzene rings is 2. The number of aliphatic hydroxyl groups excluding tert-OH is 1. The minimum Gasteiger partial charge on any atom is -0.394 e. The molecule has 4 aliphatic rings. The molecule has 0 aliphatic carbocycles. The maximum absolute atomic E-state index is 14.5. The van der Waals surface area contributed by atoms with E-state index in [-0.39, 0.29) is 37.5 Å². The molecule has 3 aromatic rings. The molecule has 1 unspecified atom stereocenters. The number of carbonyl (C=O) groups is 3. The lowest BCUT2D eigenvalue weighted by Gasteiger charge is -2.39. The Morgan fingerprint density at radius 1 is 0.952 bits per heavy atom. The fraction of sp³-hybridized carbons (Fsp3) is 0.387. The van der Waals surface area contributed by atoms with Crippen LogP contribution in [0.4, 0.5) is 5.69 Å². The zero-order valence-corrected chi connectivity index (χ0v) is 23.4. The van der Waals surface area contributed by atoms with E-state index in [1.165, 1.54) is 4.90 Å². The van der Waals surface area contributed by atoms with Crippen molar-refractivity contribution in [1.29, 1.82) is 0 Å². The van der Waals surface area contributed by atoms with Gasteiger partial charge in [0.05, 0.1) is 35.6 Å². The standard InChI is InChI=1S/C31H32N6O5/c1-20(18-38)37-26-29(41)34(19-36-23-13-7-6-12-22(23)32-33-36)16-9-15-31(26)25(28(37)40)24-27(39)35(21-10-4-3-5-11-21)17-8-14-30(24,2)42-31/h3-15,20,24-26,38H,16-19H2,1-2H3/t20-,24-,25+,26?,30+,31+/m1/s1. The van der Waals surface area contributed by atoms with Crippen molar-refractivity contribution < 1.29 is 24.2 Å². The average Bonchev–Trinajstić information content (AvgIpc) is 3.53. The Kier molecular flexibility index (Phi) is 6.07. The average molecular weight is 569 g/mol. The first-order chi connectivity index (χ1) is 20.3. The highest BCUT2D eigenvalue weighted by molar-refractivity contribution is 6.04. The number of carbonyl (C=O) groups excluding carboxylic acids is 3. The first kappa shape index (κ1) is 26.5. The fourth-order valence-electron chi connectivity index (χ4n) is 7.22. The molecule has 4 aliphatic heterocycles. The number of para-hydroxylation sites is 2. The highest BCUT2D eigenvalue weighted by Gasteiger charge is 2.75. The zero-order valence-electron chi connectivity index (χ0n) is 23.4. The first-order valence-electron chi connectivity index (χ1n) is 14.2. The van der Waals surface area contributed by atoms with Crippen LogP contribution in [0.1, 0.15) is 13.8 Å². The summed E-state index contributed by atoms with van der Waals surface area (Å²) < 4.78 is 8.51. The first-order valence-corrected chi connectivity index (χ1v) is 14.2. The molecule has 2 fully saturated rings. The molecule has 3 amide bonds. The predicted octanol–water partition coefficient (Wildman–Crippen LogP) is 1.74. The number of anilines is 1. The summed E-state index contributed by atoms with van der Waals surface area (Å²) in [5, 5.41) is 18.7. The normalized spacial score (nSPS) is 31.3. The Morgan fingerprint density at radius 3 is 2.48 bits per heavy atom. The molecule has 1 aromatic heterocycles. The number of ether oxygens (including phenoxy) is 1. The van der Waals surface area contributed by atoms with Crippen LogP contribution in [0.15, 0.2) is 78.9 Å². The second-order valence-corrected chi connectivity index (χ2v) is 11.6. The van der Waals surface area contributed by atoms with Crippen LogP contribution in [-0.4, -0.2) is 90.6 Å². The highest BCUT2D eigenvalue weighted by atomic mass is 16.5. The van der Waals surface area contributed by atoms with Gasteiger partial charge in [-0.05, 0) is 38.1 Å². The lowest BCUT2D eigenvalue weighted by atomic mass is 9.74. The summed E-state index contributed by atoms with van der Waals surface area (Å²) in [6.45, 7) is 3.87. The third-order valence-corrected chi connectivity index (χ3v) is 9.11. The summed E-state index contributed by atoms with van der Waals surface area (Å²) in [5.74, 6) is -2.80. The van der Waals surface area contributed by atoms with Crippen molar-refractivity contribution in [3.63, 3.8) is 0 Å². The lowest BCUT2D eigenvalue weighted by molar-refractivity contribution is -0.154. The van der Waals surface area contributed by atoms with Crippen LogP contribution >= 0.6 is 0 Å². The molecule has 11 heteroatoms. The molecule has 1 spiro atoms. The van der Waals surface area contributed by atoms with E-state index < -0.39 is 35.1 Å². The summed E-state index contributed by atoms with van der Waals surface area (Å²) in [5.41, 5.74) is -0.332. The van der Waals surface area contributed by atoms with Gasteiger partial charge < -0.3 is 24.5 Å². The molecule has 42 heavy (non-hydrogen) atoms. The van der Waals surface area contributed by atoms with E-state index in [1.807, 2.05) is 79.7 Å². The largest absolute Gasteiger partial charge is 0.394 e. The topological polar surface area (TPSA) is 121 Å². The molecule has 1 N–H and O–H groups in total. The van der Waals surface area contributed by atoms with Crippen molar-refractivity contribution in [3.8, 4) is 0 Å².